The Morgan fingerprint density at radius 1 is 1.08 bits per heavy atom. The molecule has 1 aromatic carbocycles. The molecule has 1 fully saturated rings. The number of methoxy groups -OCH3 is 1. The molecule has 0 spiro atoms. The summed E-state index contributed by atoms with van der Waals surface area (Å²) in [6, 6.07) is 14.4. The first-order valence-electron chi connectivity index (χ1n) is 8.48. The highest BCUT2D eigenvalue weighted by molar-refractivity contribution is 5.37. The monoisotopic (exact) mass is 322 g/mol. The summed E-state index contributed by atoms with van der Waals surface area (Å²) in [5.74, 6) is 2.52. The van der Waals surface area contributed by atoms with Crippen molar-refractivity contribution in [2.75, 3.05) is 20.2 Å². The van der Waals surface area contributed by atoms with Crippen molar-refractivity contribution in [3.63, 3.8) is 0 Å². The van der Waals surface area contributed by atoms with Crippen LogP contribution in [0.2, 0.25) is 0 Å². The fraction of sp³-hybridized carbons (Fsp3) is 0.368. The molecular weight excluding hydrogens is 300 g/mol. The number of nitrogens with zero attached hydrogens (tertiary/aromatic N) is 4. The molecule has 2 aromatic heterocycles. The van der Waals surface area contributed by atoms with E-state index in [1.807, 2.05) is 24.3 Å². The zero-order valence-electron chi connectivity index (χ0n) is 13.9. The third-order valence-electron chi connectivity index (χ3n) is 4.83. The third-order valence-corrected chi connectivity index (χ3v) is 4.83. The Balaban J connectivity index is 1.41. The summed E-state index contributed by atoms with van der Waals surface area (Å²) in [4.78, 5) is 2.51. The van der Waals surface area contributed by atoms with Crippen LogP contribution in [0.1, 0.15) is 30.1 Å². The van der Waals surface area contributed by atoms with Crippen molar-refractivity contribution in [1.29, 1.82) is 0 Å². The van der Waals surface area contributed by atoms with Crippen molar-refractivity contribution in [2.45, 2.75) is 25.3 Å². The van der Waals surface area contributed by atoms with Crippen molar-refractivity contribution in [3.05, 3.63) is 60.0 Å². The van der Waals surface area contributed by atoms with Gasteiger partial charge in [-0.2, -0.15) is 0 Å². The van der Waals surface area contributed by atoms with Gasteiger partial charge in [0.15, 0.2) is 5.65 Å². The van der Waals surface area contributed by atoms with Crippen LogP contribution in [-0.2, 0) is 6.54 Å². The predicted octanol–water partition coefficient (Wildman–Crippen LogP) is 3.12. The molecule has 0 amide bonds. The molecule has 1 aliphatic heterocycles. The van der Waals surface area contributed by atoms with Crippen LogP contribution in [0.3, 0.4) is 0 Å². The molecule has 5 heteroatoms. The molecule has 0 atom stereocenters. The Labute approximate surface area is 141 Å². The molecule has 5 nitrogen and oxygen atoms in total. The second kappa shape index (κ2) is 6.61. The Bertz CT molecular complexity index is 821. The molecule has 0 N–H and O–H groups in total. The van der Waals surface area contributed by atoms with Gasteiger partial charge in [0.2, 0.25) is 0 Å². The van der Waals surface area contributed by atoms with Gasteiger partial charge in [0.05, 0.1) is 7.11 Å². The largest absolute Gasteiger partial charge is 0.497 e. The van der Waals surface area contributed by atoms with Gasteiger partial charge >= 0.3 is 0 Å². The number of fused-ring (bicyclic) bond motifs is 1. The van der Waals surface area contributed by atoms with Crippen LogP contribution in [0.25, 0.3) is 5.65 Å². The Morgan fingerprint density at radius 3 is 2.79 bits per heavy atom. The number of aromatic nitrogens is 3. The highest BCUT2D eigenvalue weighted by Crippen LogP contribution is 2.28. The van der Waals surface area contributed by atoms with Crippen LogP contribution in [0, 0.1) is 0 Å². The summed E-state index contributed by atoms with van der Waals surface area (Å²) in [6.07, 6.45) is 4.31. The Kier molecular flexibility index (Phi) is 4.17. The molecule has 4 rings (SSSR count). The fourth-order valence-corrected chi connectivity index (χ4v) is 3.52. The maximum atomic E-state index is 5.31. The molecular formula is C19H22N4O. The fourth-order valence-electron chi connectivity index (χ4n) is 3.52. The normalized spacial score (nSPS) is 16.5. The maximum absolute atomic E-state index is 5.31. The number of likely N-dealkylation sites (tertiary alicyclic amines) is 1. The van der Waals surface area contributed by atoms with Gasteiger partial charge < -0.3 is 4.74 Å². The van der Waals surface area contributed by atoms with Crippen LogP contribution in [0.5, 0.6) is 5.75 Å². The SMILES string of the molecule is COc1cccc(CN2CCC(c3nnc4ccccn34)CC2)c1. The van der Waals surface area contributed by atoms with Gasteiger partial charge in [-0.1, -0.05) is 18.2 Å². The molecule has 3 aromatic rings. The van der Waals surface area contributed by atoms with E-state index >= 15 is 0 Å². The summed E-state index contributed by atoms with van der Waals surface area (Å²) in [7, 11) is 1.72. The van der Waals surface area contributed by atoms with E-state index in [0.717, 1.165) is 49.7 Å². The second-order valence-corrected chi connectivity index (χ2v) is 6.39. The number of benzene rings is 1. The molecule has 0 bridgehead atoms. The van der Waals surface area contributed by atoms with Gasteiger partial charge in [0.1, 0.15) is 11.6 Å². The maximum Gasteiger partial charge on any atom is 0.160 e. The van der Waals surface area contributed by atoms with Crippen molar-refractivity contribution >= 4 is 5.65 Å². The number of ether oxygens (including phenoxy) is 1. The summed E-state index contributed by atoms with van der Waals surface area (Å²) in [5, 5.41) is 8.71. The molecule has 0 radical (unpaired) electrons. The minimum absolute atomic E-state index is 0.490. The molecule has 0 aliphatic carbocycles. The first kappa shape index (κ1) is 15.1. The van der Waals surface area contributed by atoms with E-state index in [-0.39, 0.29) is 0 Å². The summed E-state index contributed by atoms with van der Waals surface area (Å²) >= 11 is 0. The lowest BCUT2D eigenvalue weighted by Gasteiger charge is -2.31. The van der Waals surface area contributed by atoms with Gasteiger partial charge in [-0.3, -0.25) is 9.30 Å². The number of rotatable bonds is 4. The van der Waals surface area contributed by atoms with E-state index in [9.17, 15) is 0 Å². The molecule has 24 heavy (non-hydrogen) atoms. The van der Waals surface area contributed by atoms with E-state index < -0.39 is 0 Å². The standard InChI is InChI=1S/C19H22N4O/c1-24-17-6-4-5-15(13-17)14-22-11-8-16(9-12-22)19-21-20-18-7-2-3-10-23(18)19/h2-7,10,13,16H,8-9,11-12,14H2,1H3. The molecule has 124 valence electrons. The van der Waals surface area contributed by atoms with Crippen LogP contribution in [0.4, 0.5) is 0 Å². The van der Waals surface area contributed by atoms with Gasteiger partial charge in [0, 0.05) is 18.7 Å². The van der Waals surface area contributed by atoms with E-state index in [0.29, 0.717) is 5.92 Å². The average molecular weight is 322 g/mol. The number of pyridine rings is 1. The smallest absolute Gasteiger partial charge is 0.160 e. The van der Waals surface area contributed by atoms with Crippen LogP contribution < -0.4 is 4.74 Å². The second-order valence-electron chi connectivity index (χ2n) is 6.39. The van der Waals surface area contributed by atoms with E-state index in [1.54, 1.807) is 7.11 Å². The average Bonchev–Trinajstić information content (AvgIpc) is 3.07. The van der Waals surface area contributed by atoms with E-state index in [4.69, 9.17) is 4.74 Å². The Hall–Kier alpha value is -2.40. The summed E-state index contributed by atoms with van der Waals surface area (Å²) in [6.45, 7) is 3.15. The van der Waals surface area contributed by atoms with Crippen molar-refractivity contribution in [2.24, 2.45) is 0 Å². The lowest BCUT2D eigenvalue weighted by Crippen LogP contribution is -2.33. The van der Waals surface area contributed by atoms with E-state index in [2.05, 4.69) is 43.9 Å². The first-order chi connectivity index (χ1) is 11.8. The van der Waals surface area contributed by atoms with Crippen LogP contribution in [-0.4, -0.2) is 39.7 Å². The van der Waals surface area contributed by atoms with Gasteiger partial charge in [-0.25, -0.2) is 0 Å². The topological polar surface area (TPSA) is 42.7 Å². The summed E-state index contributed by atoms with van der Waals surface area (Å²) in [5.41, 5.74) is 2.24. The van der Waals surface area contributed by atoms with Crippen LogP contribution in [0.15, 0.2) is 48.7 Å². The number of hydrogen-bond donors (Lipinski definition) is 0. The zero-order chi connectivity index (χ0) is 16.4. The molecule has 0 unspecified atom stereocenters. The van der Waals surface area contributed by atoms with Gasteiger partial charge in [0.25, 0.3) is 0 Å². The minimum Gasteiger partial charge on any atom is -0.497 e. The minimum atomic E-state index is 0.490. The molecule has 3 heterocycles. The highest BCUT2D eigenvalue weighted by Gasteiger charge is 2.24. The predicted molar refractivity (Wildman–Crippen MR) is 93.2 cm³/mol. The zero-order valence-corrected chi connectivity index (χ0v) is 13.9. The van der Waals surface area contributed by atoms with E-state index in [1.165, 1.54) is 5.56 Å². The quantitative estimate of drug-likeness (QED) is 0.740. The summed E-state index contributed by atoms with van der Waals surface area (Å²) < 4.78 is 7.44. The van der Waals surface area contributed by atoms with Crippen molar-refractivity contribution < 1.29 is 4.74 Å². The molecule has 1 saturated heterocycles. The number of hydrogen-bond acceptors (Lipinski definition) is 4. The lowest BCUT2D eigenvalue weighted by atomic mass is 9.95. The molecule has 0 saturated carbocycles. The first-order valence-corrected chi connectivity index (χ1v) is 8.48. The van der Waals surface area contributed by atoms with Gasteiger partial charge in [-0.05, 0) is 55.8 Å². The molecule has 1 aliphatic rings. The lowest BCUT2D eigenvalue weighted by molar-refractivity contribution is 0.201. The Morgan fingerprint density at radius 2 is 1.96 bits per heavy atom. The van der Waals surface area contributed by atoms with Crippen molar-refractivity contribution in [3.8, 4) is 5.75 Å². The number of piperidine rings is 1. The van der Waals surface area contributed by atoms with Crippen molar-refractivity contribution in [1.82, 2.24) is 19.5 Å². The van der Waals surface area contributed by atoms with Gasteiger partial charge in [-0.15, -0.1) is 10.2 Å². The highest BCUT2D eigenvalue weighted by atomic mass is 16.5. The third kappa shape index (κ3) is 2.99. The van der Waals surface area contributed by atoms with Crippen LogP contribution >= 0.6 is 0 Å².